The Morgan fingerprint density at radius 2 is 2.07 bits per heavy atom. The lowest BCUT2D eigenvalue weighted by Crippen LogP contribution is -2.21. The molecule has 2 heterocycles. The third-order valence-corrected chi connectivity index (χ3v) is 4.52. The van der Waals surface area contributed by atoms with Gasteiger partial charge in [-0.2, -0.15) is 0 Å². The molecule has 0 radical (unpaired) electrons. The van der Waals surface area contributed by atoms with Gasteiger partial charge in [0.2, 0.25) is 5.76 Å². The second-order valence-corrected chi connectivity index (χ2v) is 7.04. The molecule has 8 heteroatoms. The summed E-state index contributed by atoms with van der Waals surface area (Å²) < 4.78 is 16.4. The number of aromatic nitrogens is 1. The molecular formula is C19H20N2O5S. The summed E-state index contributed by atoms with van der Waals surface area (Å²) in [6.45, 7) is 5.42. The number of anilines is 1. The number of nitrogens with zero attached hydrogens (tertiary/aromatic N) is 1. The number of hydrogen-bond acceptors (Lipinski definition) is 7. The standard InChI is InChI=1S/C19H20N2O5S/c1-11(2)24-8-14-13-6-4-5-7-15(13)26-17(14)18(23)25-9-16(22)21-19-20-12(3)10-27-19/h4-7,10-11H,8-9H2,1-3H3,(H,20,21,22). The van der Waals surface area contributed by atoms with Gasteiger partial charge in [-0.25, -0.2) is 9.78 Å². The molecule has 7 nitrogen and oxygen atoms in total. The van der Waals surface area contributed by atoms with Gasteiger partial charge in [0.25, 0.3) is 5.91 Å². The lowest BCUT2D eigenvalue weighted by atomic mass is 10.1. The van der Waals surface area contributed by atoms with E-state index >= 15 is 0 Å². The van der Waals surface area contributed by atoms with Crippen LogP contribution in [0.2, 0.25) is 0 Å². The lowest BCUT2D eigenvalue weighted by Gasteiger charge is -2.08. The smallest absolute Gasteiger partial charge is 0.375 e. The molecule has 0 saturated carbocycles. The molecule has 0 aliphatic rings. The minimum Gasteiger partial charge on any atom is -0.450 e. The molecule has 0 spiro atoms. The highest BCUT2D eigenvalue weighted by Gasteiger charge is 2.23. The molecule has 27 heavy (non-hydrogen) atoms. The number of hydrogen-bond donors (Lipinski definition) is 1. The quantitative estimate of drug-likeness (QED) is 0.617. The molecule has 1 aromatic carbocycles. The molecule has 1 amide bonds. The number of esters is 1. The van der Waals surface area contributed by atoms with E-state index in [1.807, 2.05) is 44.4 Å². The molecular weight excluding hydrogens is 368 g/mol. The number of furan rings is 1. The van der Waals surface area contributed by atoms with Crippen molar-refractivity contribution < 1.29 is 23.5 Å². The van der Waals surface area contributed by atoms with Gasteiger partial charge in [-0.05, 0) is 26.8 Å². The predicted octanol–water partition coefficient (Wildman–Crippen LogP) is 3.92. The van der Waals surface area contributed by atoms with E-state index in [9.17, 15) is 9.59 Å². The molecule has 1 N–H and O–H groups in total. The van der Waals surface area contributed by atoms with Gasteiger partial charge in [0.15, 0.2) is 11.7 Å². The van der Waals surface area contributed by atoms with Gasteiger partial charge < -0.3 is 13.9 Å². The average molecular weight is 388 g/mol. The van der Waals surface area contributed by atoms with Gasteiger partial charge in [0.1, 0.15) is 5.58 Å². The van der Waals surface area contributed by atoms with Crippen LogP contribution < -0.4 is 5.32 Å². The van der Waals surface area contributed by atoms with Crippen LogP contribution in [0.3, 0.4) is 0 Å². The molecule has 0 saturated heterocycles. The summed E-state index contributed by atoms with van der Waals surface area (Å²) in [4.78, 5) is 28.6. The SMILES string of the molecule is Cc1csc(NC(=O)COC(=O)c2oc3ccccc3c2COC(C)C)n1. The lowest BCUT2D eigenvalue weighted by molar-refractivity contribution is -0.119. The highest BCUT2D eigenvalue weighted by atomic mass is 32.1. The number of para-hydroxylation sites is 1. The van der Waals surface area contributed by atoms with Gasteiger partial charge in [0, 0.05) is 16.3 Å². The van der Waals surface area contributed by atoms with Crippen molar-refractivity contribution in [1.82, 2.24) is 4.98 Å². The van der Waals surface area contributed by atoms with E-state index in [0.29, 0.717) is 16.3 Å². The van der Waals surface area contributed by atoms with Crippen LogP contribution in [-0.2, 0) is 20.9 Å². The number of amides is 1. The zero-order valence-corrected chi connectivity index (χ0v) is 16.1. The van der Waals surface area contributed by atoms with Crippen molar-refractivity contribution in [1.29, 1.82) is 0 Å². The Morgan fingerprint density at radius 1 is 1.30 bits per heavy atom. The number of benzene rings is 1. The second-order valence-electron chi connectivity index (χ2n) is 6.18. The molecule has 0 bridgehead atoms. The first kappa shape index (κ1) is 19.1. The predicted molar refractivity (Wildman–Crippen MR) is 102 cm³/mol. The summed E-state index contributed by atoms with van der Waals surface area (Å²) in [5.74, 6) is -1.12. The number of fused-ring (bicyclic) bond motifs is 1. The zero-order valence-electron chi connectivity index (χ0n) is 15.3. The highest BCUT2D eigenvalue weighted by Crippen LogP contribution is 2.27. The summed E-state index contributed by atoms with van der Waals surface area (Å²) in [5.41, 5.74) is 1.99. The van der Waals surface area contributed by atoms with Crippen molar-refractivity contribution in [2.45, 2.75) is 33.5 Å². The summed E-state index contributed by atoms with van der Waals surface area (Å²) in [6, 6.07) is 7.29. The number of thiazole rings is 1. The van der Waals surface area contributed by atoms with Crippen LogP contribution in [-0.4, -0.2) is 29.6 Å². The number of ether oxygens (including phenoxy) is 2. The summed E-state index contributed by atoms with van der Waals surface area (Å²) in [5, 5.41) is 5.65. The Labute approximate surface area is 160 Å². The molecule has 142 valence electrons. The molecule has 0 aliphatic carbocycles. The van der Waals surface area contributed by atoms with E-state index in [1.54, 1.807) is 6.07 Å². The van der Waals surface area contributed by atoms with Gasteiger partial charge in [-0.1, -0.05) is 18.2 Å². The maximum atomic E-state index is 12.5. The van der Waals surface area contributed by atoms with Crippen molar-refractivity contribution in [3.63, 3.8) is 0 Å². The molecule has 0 fully saturated rings. The van der Waals surface area contributed by atoms with Crippen molar-refractivity contribution in [2.24, 2.45) is 0 Å². The summed E-state index contributed by atoms with van der Waals surface area (Å²) >= 11 is 1.30. The minimum absolute atomic E-state index is 0.00457. The Bertz CT molecular complexity index is 960. The number of nitrogens with one attached hydrogen (secondary N) is 1. The Kier molecular flexibility index (Phi) is 5.88. The third kappa shape index (κ3) is 4.72. The molecule has 0 aliphatic heterocycles. The van der Waals surface area contributed by atoms with E-state index in [0.717, 1.165) is 11.1 Å². The molecule has 3 rings (SSSR count). The minimum atomic E-state index is -0.709. The topological polar surface area (TPSA) is 90.7 Å². The fourth-order valence-electron chi connectivity index (χ4n) is 2.42. The largest absolute Gasteiger partial charge is 0.450 e. The zero-order chi connectivity index (χ0) is 19.4. The van der Waals surface area contributed by atoms with Gasteiger partial charge in [-0.3, -0.25) is 10.1 Å². The monoisotopic (exact) mass is 388 g/mol. The normalized spacial score (nSPS) is 11.1. The van der Waals surface area contributed by atoms with Crippen LogP contribution >= 0.6 is 11.3 Å². The van der Waals surface area contributed by atoms with Gasteiger partial charge in [0.05, 0.1) is 18.4 Å². The molecule has 0 atom stereocenters. The van der Waals surface area contributed by atoms with E-state index in [-0.39, 0.29) is 18.5 Å². The van der Waals surface area contributed by atoms with Crippen LogP contribution in [0.4, 0.5) is 5.13 Å². The Hall–Kier alpha value is -2.71. The number of aryl methyl sites for hydroxylation is 1. The molecule has 3 aromatic rings. The maximum absolute atomic E-state index is 12.5. The Balaban J connectivity index is 1.70. The van der Waals surface area contributed by atoms with Gasteiger partial charge in [-0.15, -0.1) is 11.3 Å². The van der Waals surface area contributed by atoms with Crippen molar-refractivity contribution in [2.75, 3.05) is 11.9 Å². The van der Waals surface area contributed by atoms with Crippen molar-refractivity contribution in [3.8, 4) is 0 Å². The fourth-order valence-corrected chi connectivity index (χ4v) is 3.12. The number of carbonyl (C=O) groups is 2. The average Bonchev–Trinajstić information content (AvgIpc) is 3.21. The maximum Gasteiger partial charge on any atom is 0.375 e. The van der Waals surface area contributed by atoms with Crippen LogP contribution in [0.15, 0.2) is 34.1 Å². The van der Waals surface area contributed by atoms with Gasteiger partial charge >= 0.3 is 5.97 Å². The summed E-state index contributed by atoms with van der Waals surface area (Å²) in [6.07, 6.45) is -0.00457. The second kappa shape index (κ2) is 8.32. The third-order valence-electron chi connectivity index (χ3n) is 3.64. The fraction of sp³-hybridized carbons (Fsp3) is 0.316. The van der Waals surface area contributed by atoms with E-state index in [1.165, 1.54) is 11.3 Å². The van der Waals surface area contributed by atoms with Crippen LogP contribution in [0.1, 0.15) is 35.7 Å². The van der Waals surface area contributed by atoms with Crippen molar-refractivity contribution >= 4 is 39.3 Å². The number of carbonyl (C=O) groups excluding carboxylic acids is 2. The first-order valence-corrected chi connectivity index (χ1v) is 9.33. The first-order valence-electron chi connectivity index (χ1n) is 8.45. The Morgan fingerprint density at radius 3 is 2.78 bits per heavy atom. The summed E-state index contributed by atoms with van der Waals surface area (Å²) in [7, 11) is 0. The van der Waals surface area contributed by atoms with Crippen LogP contribution in [0, 0.1) is 6.92 Å². The molecule has 2 aromatic heterocycles. The number of rotatable bonds is 7. The van der Waals surface area contributed by atoms with E-state index < -0.39 is 18.5 Å². The first-order chi connectivity index (χ1) is 12.9. The highest BCUT2D eigenvalue weighted by molar-refractivity contribution is 7.13. The van der Waals surface area contributed by atoms with E-state index in [4.69, 9.17) is 13.9 Å². The molecule has 0 unspecified atom stereocenters. The van der Waals surface area contributed by atoms with Crippen LogP contribution in [0.25, 0.3) is 11.0 Å². The van der Waals surface area contributed by atoms with Crippen LogP contribution in [0.5, 0.6) is 0 Å². The van der Waals surface area contributed by atoms with Crippen molar-refractivity contribution in [3.05, 3.63) is 46.7 Å². The van der Waals surface area contributed by atoms with E-state index in [2.05, 4.69) is 10.3 Å².